The molecular formula is C66H95BrClIO4S8. The van der Waals surface area contributed by atoms with E-state index in [2.05, 4.69) is 253 Å². The maximum atomic E-state index is 11.0. The largest absolute Gasteiger partial charge is 0.418 e. The minimum Gasteiger partial charge on any atom is -0.418 e. The number of allylic oxidation sites excluding steroid dienone is 2. The molecule has 0 aliphatic carbocycles. The van der Waals surface area contributed by atoms with E-state index < -0.39 is 0 Å². The maximum absolute atomic E-state index is 11.0. The molecule has 0 N–H and O–H groups in total. The summed E-state index contributed by atoms with van der Waals surface area (Å²) in [6.45, 7) is 67.4. The van der Waals surface area contributed by atoms with Gasteiger partial charge in [-0.1, -0.05) is 213 Å². The highest BCUT2D eigenvalue weighted by Gasteiger charge is 2.20. The van der Waals surface area contributed by atoms with Crippen molar-refractivity contribution in [2.75, 3.05) is 0 Å². The van der Waals surface area contributed by atoms with Crippen molar-refractivity contribution >= 4 is 160 Å². The van der Waals surface area contributed by atoms with Crippen molar-refractivity contribution in [1.82, 2.24) is 0 Å². The van der Waals surface area contributed by atoms with E-state index in [1.54, 1.807) is 53.1 Å². The average molecular weight is 1450 g/mol. The summed E-state index contributed by atoms with van der Waals surface area (Å²) in [6, 6.07) is 24.3. The van der Waals surface area contributed by atoms with Crippen LogP contribution in [0, 0.1) is 24.7 Å². The van der Waals surface area contributed by atoms with Gasteiger partial charge in [-0.05, 0) is 179 Å². The number of halogens is 3. The van der Waals surface area contributed by atoms with E-state index in [4.69, 9.17) is 16.3 Å². The number of Topliss-reactive ketones (excluding diaryl/α,β-unsaturated/α-hetero) is 1. The van der Waals surface area contributed by atoms with Gasteiger partial charge < -0.3 is 4.74 Å². The molecule has 6 rings (SSSR count). The van der Waals surface area contributed by atoms with Gasteiger partial charge in [0.15, 0.2) is 17.1 Å². The van der Waals surface area contributed by atoms with Crippen LogP contribution in [0.5, 0.6) is 5.06 Å². The summed E-state index contributed by atoms with van der Waals surface area (Å²) in [5, 5.41) is 2.79. The second kappa shape index (κ2) is 37.0. The number of hydrogen-bond acceptors (Lipinski definition) is 12. The monoisotopic (exact) mass is 1450 g/mol. The molecule has 6 aromatic rings. The normalized spacial score (nSPS) is 11.3. The highest BCUT2D eigenvalue weighted by molar-refractivity contribution is 14.1. The molecule has 81 heavy (non-hydrogen) atoms. The topological polar surface area (TPSA) is 60.4 Å². The molecule has 0 atom stereocenters. The van der Waals surface area contributed by atoms with Crippen molar-refractivity contribution in [1.29, 1.82) is 0 Å². The first-order valence-electron chi connectivity index (χ1n) is 26.2. The molecule has 0 radical (unpaired) electrons. The van der Waals surface area contributed by atoms with Gasteiger partial charge in [0.2, 0.25) is 0 Å². The van der Waals surface area contributed by atoms with E-state index in [9.17, 15) is 14.4 Å². The molecule has 0 fully saturated rings. The fourth-order valence-corrected chi connectivity index (χ4v) is 13.0. The summed E-state index contributed by atoms with van der Waals surface area (Å²) in [6.07, 6.45) is 0.873. The van der Waals surface area contributed by atoms with Gasteiger partial charge in [0.25, 0.3) is 6.47 Å². The number of rotatable bonds is 8. The summed E-state index contributed by atoms with van der Waals surface area (Å²) in [4.78, 5) is 44.4. The van der Waals surface area contributed by atoms with Crippen LogP contribution in [0.15, 0.2) is 121 Å². The molecule has 6 heterocycles. The predicted molar refractivity (Wildman–Crippen MR) is 390 cm³/mol. The predicted octanol–water partition coefficient (Wildman–Crippen LogP) is 26.1. The van der Waals surface area contributed by atoms with Crippen LogP contribution in [0.3, 0.4) is 0 Å². The van der Waals surface area contributed by atoms with Gasteiger partial charge in [-0.3, -0.25) is 14.4 Å². The lowest BCUT2D eigenvalue weighted by Crippen LogP contribution is -2.07. The first-order chi connectivity index (χ1) is 36.6. The Hall–Kier alpha value is -1.83. The van der Waals surface area contributed by atoms with E-state index in [0.29, 0.717) is 22.4 Å². The van der Waals surface area contributed by atoms with Crippen LogP contribution in [0.4, 0.5) is 0 Å². The zero-order valence-electron chi connectivity index (χ0n) is 53.0. The number of aryl methyl sites for hydroxylation is 2. The summed E-state index contributed by atoms with van der Waals surface area (Å²) >= 11 is 24.5. The summed E-state index contributed by atoms with van der Waals surface area (Å²) in [7, 11) is 0. The van der Waals surface area contributed by atoms with Crippen LogP contribution < -0.4 is 4.74 Å². The molecule has 452 valence electrons. The van der Waals surface area contributed by atoms with Gasteiger partial charge in [0, 0.05) is 40.9 Å². The molecule has 15 heteroatoms. The van der Waals surface area contributed by atoms with Gasteiger partial charge in [-0.2, -0.15) is 0 Å². The van der Waals surface area contributed by atoms with Gasteiger partial charge in [0.05, 0.1) is 14.1 Å². The fraction of sp³-hybridized carbons (Fsp3) is 0.470. The molecule has 0 unspecified atom stereocenters. The number of ether oxygens (including phenoxy) is 1. The molecule has 0 spiro atoms. The third kappa shape index (κ3) is 38.1. The summed E-state index contributed by atoms with van der Waals surface area (Å²) in [5.74, 6) is 0.163. The molecule has 0 saturated heterocycles. The van der Waals surface area contributed by atoms with Crippen molar-refractivity contribution in [3.05, 3.63) is 169 Å². The highest BCUT2D eigenvalue weighted by Crippen LogP contribution is 2.40. The molecule has 0 aromatic carbocycles. The van der Waals surface area contributed by atoms with Gasteiger partial charge in [-0.25, -0.2) is 0 Å². The van der Waals surface area contributed by atoms with Crippen LogP contribution in [-0.2, 0) is 31.9 Å². The Balaban J connectivity index is 0. The molecule has 6 aromatic heterocycles. The van der Waals surface area contributed by atoms with E-state index in [0.717, 1.165) is 32.0 Å². The number of thioether (sulfide) groups is 2. The lowest BCUT2D eigenvalue weighted by Gasteiger charge is -2.20. The van der Waals surface area contributed by atoms with Crippen LogP contribution in [0.1, 0.15) is 206 Å². The zero-order valence-corrected chi connectivity index (χ0v) is 64.1. The van der Waals surface area contributed by atoms with Crippen molar-refractivity contribution in [2.24, 2.45) is 10.8 Å². The van der Waals surface area contributed by atoms with Crippen molar-refractivity contribution < 1.29 is 19.1 Å². The number of carbonyl (C=O) groups excluding carboxylic acids is 3. The van der Waals surface area contributed by atoms with Gasteiger partial charge >= 0.3 is 0 Å². The molecule has 0 bridgehead atoms. The molecular weight excluding hydrogens is 1360 g/mol. The van der Waals surface area contributed by atoms with Gasteiger partial charge in [-0.15, -0.1) is 68.0 Å². The first-order valence-corrected chi connectivity index (χ1v) is 35.0. The fourth-order valence-electron chi connectivity index (χ4n) is 5.11. The molecule has 0 aliphatic rings. The van der Waals surface area contributed by atoms with Crippen LogP contribution in [0.25, 0.3) is 0 Å². The first kappa shape index (κ1) is 81.2. The Morgan fingerprint density at radius 2 is 0.951 bits per heavy atom. The summed E-state index contributed by atoms with van der Waals surface area (Å²) < 4.78 is 7.60. The maximum Gasteiger partial charge on any atom is 0.299 e. The van der Waals surface area contributed by atoms with E-state index >= 15 is 0 Å². The minimum atomic E-state index is 0.134. The van der Waals surface area contributed by atoms with Crippen LogP contribution in [-0.4, -0.2) is 18.5 Å². The highest BCUT2D eigenvalue weighted by atomic mass is 127. The number of hydrogen-bond donors (Lipinski definition) is 0. The smallest absolute Gasteiger partial charge is 0.299 e. The molecule has 4 nitrogen and oxygen atoms in total. The standard InChI is InChI=1S/C10H14OS.C9H12O2S.C9H14S.C8H13BrS.C8H11ClS.C8H13IS.C8H12S.C6H6OS/c1-7(11)8-5-6-9(12-8)10(2,3)4;1-9(2,3)7-4-5-8(12-7)11-6-10;1-7-5-6-8(10-7)9(2,3)4;1-6(8(3,4)5)10-7(2)9;1-8(2,3)6-4-5-7(9)10-6;1-6(8(3,4)5)10-7(2)9;1-8(2,3)7-5-4-6-9-7;1-5-2-3-6(4-7)8-5/h5-6H,1-4H3;4-6H,1-3H3;5-6H,1-4H3;1-2H2,3-5H3;4-5H,1-3H3;1-2H2,3-5H3;4-6H,1-3H3;2-4H,1H3. The average Bonchev–Trinajstić information content (AvgIpc) is 4.15. The minimum absolute atomic E-state index is 0.134. The Bertz CT molecular complexity index is 2730. The SMILES string of the molecule is C=C(Br)SC(=C)C(C)(C)C.C=C(I)SC(=C)C(C)(C)C.CC(=O)c1ccc(C(C)(C)C)s1.CC(C)(C)c1ccc(Cl)s1.CC(C)(C)c1ccc(OC=O)s1.CC(C)(C)c1cccs1.Cc1ccc(C(C)(C)C)s1.Cc1ccc(C=O)s1. The Morgan fingerprint density at radius 1 is 0.543 bits per heavy atom. The molecule has 0 amide bonds. The van der Waals surface area contributed by atoms with Crippen molar-refractivity contribution in [3.8, 4) is 5.06 Å². The summed E-state index contributed by atoms with van der Waals surface area (Å²) in [5.41, 5.74) is 1.58. The number of thiophene rings is 6. The van der Waals surface area contributed by atoms with E-state index in [1.807, 2.05) is 72.1 Å². The van der Waals surface area contributed by atoms with Crippen LogP contribution in [0.2, 0.25) is 4.34 Å². The van der Waals surface area contributed by atoms with Crippen molar-refractivity contribution in [2.45, 2.75) is 193 Å². The number of aldehydes is 1. The third-order valence-corrected chi connectivity index (χ3v) is 21.9. The zero-order chi connectivity index (χ0) is 63.7. The van der Waals surface area contributed by atoms with E-state index in [-0.39, 0.29) is 32.9 Å². The third-order valence-electron chi connectivity index (χ3n) is 10.2. The van der Waals surface area contributed by atoms with Crippen molar-refractivity contribution in [3.63, 3.8) is 0 Å². The number of carbonyl (C=O) groups is 3. The van der Waals surface area contributed by atoms with Gasteiger partial charge in [0.1, 0.15) is 0 Å². The second-order valence-electron chi connectivity index (χ2n) is 25.6. The lowest BCUT2D eigenvalue weighted by atomic mass is 9.95. The Morgan fingerprint density at radius 3 is 1.17 bits per heavy atom. The number of ketones is 1. The van der Waals surface area contributed by atoms with E-state index in [1.165, 1.54) is 61.7 Å². The Kier molecular flexibility index (Phi) is 37.1. The quantitative estimate of drug-likeness (QED) is 0.0860. The molecule has 0 aliphatic heterocycles. The molecule has 0 saturated carbocycles. The van der Waals surface area contributed by atoms with Crippen LogP contribution >= 0.6 is 142 Å². The lowest BCUT2D eigenvalue weighted by molar-refractivity contribution is -0.120. The Labute approximate surface area is 551 Å². The second-order valence-corrected chi connectivity index (χ2v) is 38.9.